The van der Waals surface area contributed by atoms with E-state index in [1.807, 2.05) is 53.4 Å². The molecular formula is C34H21N3O2S2. The van der Waals surface area contributed by atoms with Gasteiger partial charge < -0.3 is 4.90 Å². The zero-order chi connectivity index (χ0) is 27.6. The lowest BCUT2D eigenvalue weighted by Gasteiger charge is -2.32. The molecule has 0 saturated carbocycles. The molecule has 7 aromatic rings. The van der Waals surface area contributed by atoms with Crippen LogP contribution in [-0.2, 0) is 9.84 Å². The van der Waals surface area contributed by atoms with Crippen LogP contribution in [0, 0.1) is 0 Å². The summed E-state index contributed by atoms with van der Waals surface area (Å²) >= 11 is 1.37. The highest BCUT2D eigenvalue weighted by Gasteiger charge is 2.34. The fourth-order valence-corrected chi connectivity index (χ4v) is 7.93. The fraction of sp³-hybridized carbons (Fsp3) is 0. The maximum absolute atomic E-state index is 13.3. The summed E-state index contributed by atoms with van der Waals surface area (Å²) in [4.78, 5) is 7.50. The Morgan fingerprint density at radius 2 is 1.17 bits per heavy atom. The lowest BCUT2D eigenvalue weighted by atomic mass is 10.00. The molecule has 0 saturated heterocycles. The molecule has 0 radical (unpaired) electrons. The summed E-state index contributed by atoms with van der Waals surface area (Å²) in [7, 11) is -3.60. The maximum atomic E-state index is 13.3. The minimum absolute atomic E-state index is 0.305. The first-order valence-electron chi connectivity index (χ1n) is 13.2. The van der Waals surface area contributed by atoms with Crippen molar-refractivity contribution in [2.24, 2.45) is 0 Å². The number of aromatic nitrogens is 2. The van der Waals surface area contributed by atoms with Gasteiger partial charge in [-0.1, -0.05) is 72.8 Å². The predicted octanol–water partition coefficient (Wildman–Crippen LogP) is 8.79. The molecule has 0 unspecified atom stereocenters. The number of para-hydroxylation sites is 2. The van der Waals surface area contributed by atoms with Crippen molar-refractivity contribution in [1.29, 1.82) is 0 Å². The predicted molar refractivity (Wildman–Crippen MR) is 166 cm³/mol. The fourth-order valence-electron chi connectivity index (χ4n) is 5.62. The Balaban J connectivity index is 1.16. The molecule has 0 N–H and O–H groups in total. The van der Waals surface area contributed by atoms with Crippen molar-refractivity contribution in [3.05, 3.63) is 127 Å². The molecule has 1 aliphatic heterocycles. The molecule has 0 spiro atoms. The minimum Gasteiger partial charge on any atom is -0.308 e. The summed E-state index contributed by atoms with van der Waals surface area (Å²) in [6.07, 6.45) is 0. The molecular weight excluding hydrogens is 547 g/mol. The number of nitrogens with zero attached hydrogens (tertiary/aromatic N) is 3. The van der Waals surface area contributed by atoms with Crippen molar-refractivity contribution in [2.45, 2.75) is 9.79 Å². The van der Waals surface area contributed by atoms with Crippen LogP contribution in [0.4, 0.5) is 17.1 Å². The lowest BCUT2D eigenvalue weighted by Crippen LogP contribution is -2.21. The van der Waals surface area contributed by atoms with Crippen LogP contribution in [0.5, 0.6) is 0 Å². The zero-order valence-electron chi connectivity index (χ0n) is 21.6. The Morgan fingerprint density at radius 1 is 0.585 bits per heavy atom. The summed E-state index contributed by atoms with van der Waals surface area (Å²) in [5.41, 5.74) is 4.09. The molecule has 1 aromatic heterocycles. The van der Waals surface area contributed by atoms with Crippen molar-refractivity contribution in [3.8, 4) is 22.0 Å². The largest absolute Gasteiger partial charge is 0.308 e. The average Bonchev–Trinajstić information content (AvgIpc) is 3.52. The van der Waals surface area contributed by atoms with Gasteiger partial charge in [-0.2, -0.15) is 4.37 Å². The molecule has 196 valence electrons. The number of anilines is 3. The highest BCUT2D eigenvalue weighted by atomic mass is 32.2. The van der Waals surface area contributed by atoms with Crippen LogP contribution >= 0.6 is 11.5 Å². The molecule has 0 amide bonds. The Labute approximate surface area is 241 Å². The number of rotatable bonds is 3. The van der Waals surface area contributed by atoms with E-state index in [9.17, 15) is 8.42 Å². The van der Waals surface area contributed by atoms with Crippen LogP contribution in [0.25, 0.3) is 43.5 Å². The van der Waals surface area contributed by atoms with Gasteiger partial charge in [-0.25, -0.2) is 13.4 Å². The van der Waals surface area contributed by atoms with Crippen LogP contribution in [0.2, 0.25) is 0 Å². The van der Waals surface area contributed by atoms with Crippen LogP contribution in [0.1, 0.15) is 0 Å². The van der Waals surface area contributed by atoms with E-state index in [-0.39, 0.29) is 0 Å². The third kappa shape index (κ3) is 3.78. The van der Waals surface area contributed by atoms with E-state index in [0.29, 0.717) is 27.0 Å². The first kappa shape index (κ1) is 24.0. The van der Waals surface area contributed by atoms with Gasteiger partial charge >= 0.3 is 0 Å². The SMILES string of the molecule is O=S1(=O)c2ccccc2N(c2ccc(-c3nc(-c4ccc5ccc6ccccc6c5c4)ns3)cc2)c2ccccc21. The summed E-state index contributed by atoms with van der Waals surface area (Å²) in [5.74, 6) is 0.702. The second-order valence-corrected chi connectivity index (χ2v) is 12.6. The molecule has 8 rings (SSSR count). The van der Waals surface area contributed by atoms with Crippen LogP contribution in [0.3, 0.4) is 0 Å². The van der Waals surface area contributed by atoms with E-state index in [1.165, 1.54) is 33.1 Å². The lowest BCUT2D eigenvalue weighted by molar-refractivity contribution is 0.595. The Kier molecular flexibility index (Phi) is 5.32. The van der Waals surface area contributed by atoms with Crippen LogP contribution in [-0.4, -0.2) is 17.8 Å². The van der Waals surface area contributed by atoms with Crippen molar-refractivity contribution < 1.29 is 8.42 Å². The van der Waals surface area contributed by atoms with Gasteiger partial charge in [0.05, 0.1) is 21.2 Å². The number of hydrogen-bond acceptors (Lipinski definition) is 6. The first-order valence-corrected chi connectivity index (χ1v) is 15.4. The highest BCUT2D eigenvalue weighted by Crippen LogP contribution is 2.48. The summed E-state index contributed by atoms with van der Waals surface area (Å²) < 4.78 is 31.3. The molecule has 7 heteroatoms. The van der Waals surface area contributed by atoms with Gasteiger partial charge in [0.1, 0.15) is 5.01 Å². The van der Waals surface area contributed by atoms with Gasteiger partial charge in [0.2, 0.25) is 9.84 Å². The number of fused-ring (bicyclic) bond motifs is 5. The van der Waals surface area contributed by atoms with E-state index in [0.717, 1.165) is 21.8 Å². The van der Waals surface area contributed by atoms with E-state index in [1.54, 1.807) is 24.3 Å². The summed E-state index contributed by atoms with van der Waals surface area (Å²) in [6, 6.07) is 41.4. The molecule has 6 aromatic carbocycles. The third-order valence-electron chi connectivity index (χ3n) is 7.59. The standard InChI is InChI=1S/C34H21N3O2S2/c38-41(39)31-11-5-3-9-29(31)37(30-10-4-6-12-32(30)41)26-19-17-24(18-20-26)34-35-33(36-40-34)25-16-15-23-14-13-22-7-1-2-8-27(22)28(23)21-25/h1-21H. The number of hydrogen-bond donors (Lipinski definition) is 0. The van der Waals surface area contributed by atoms with Gasteiger partial charge in [0.15, 0.2) is 5.82 Å². The van der Waals surface area contributed by atoms with E-state index >= 15 is 0 Å². The summed E-state index contributed by atoms with van der Waals surface area (Å²) in [6.45, 7) is 0. The van der Waals surface area contributed by atoms with Gasteiger partial charge in [-0.15, -0.1) is 0 Å². The molecule has 41 heavy (non-hydrogen) atoms. The Morgan fingerprint density at radius 3 is 1.90 bits per heavy atom. The smallest absolute Gasteiger partial charge is 0.210 e. The Bertz CT molecular complexity index is 2190. The molecule has 0 bridgehead atoms. The van der Waals surface area contributed by atoms with Gasteiger partial charge in [0, 0.05) is 16.8 Å². The molecule has 0 atom stereocenters. The van der Waals surface area contributed by atoms with E-state index < -0.39 is 9.84 Å². The van der Waals surface area contributed by atoms with Crippen molar-refractivity contribution >= 4 is 60.0 Å². The second kappa shape index (κ2) is 9.09. The molecule has 0 aliphatic carbocycles. The van der Waals surface area contributed by atoms with Gasteiger partial charge in [0.25, 0.3) is 0 Å². The third-order valence-corrected chi connectivity index (χ3v) is 10.2. The normalized spacial score (nSPS) is 13.7. The van der Waals surface area contributed by atoms with Crippen LogP contribution < -0.4 is 4.90 Å². The van der Waals surface area contributed by atoms with Gasteiger partial charge in [-0.05, 0) is 87.7 Å². The molecule has 2 heterocycles. The zero-order valence-corrected chi connectivity index (χ0v) is 23.2. The minimum atomic E-state index is -3.60. The number of sulfone groups is 1. The molecule has 5 nitrogen and oxygen atoms in total. The van der Waals surface area contributed by atoms with E-state index in [4.69, 9.17) is 9.36 Å². The maximum Gasteiger partial charge on any atom is 0.210 e. The van der Waals surface area contributed by atoms with Crippen LogP contribution in [0.15, 0.2) is 137 Å². The summed E-state index contributed by atoms with van der Waals surface area (Å²) in [5, 5.41) is 5.62. The first-order chi connectivity index (χ1) is 20.1. The monoisotopic (exact) mass is 567 g/mol. The van der Waals surface area contributed by atoms with E-state index in [2.05, 4.69) is 54.6 Å². The Hall–Kier alpha value is -4.85. The van der Waals surface area contributed by atoms with Crippen molar-refractivity contribution in [3.63, 3.8) is 0 Å². The van der Waals surface area contributed by atoms with Crippen molar-refractivity contribution in [1.82, 2.24) is 9.36 Å². The average molecular weight is 568 g/mol. The number of benzene rings is 6. The van der Waals surface area contributed by atoms with Gasteiger partial charge in [-0.3, -0.25) is 0 Å². The molecule has 0 fully saturated rings. The topological polar surface area (TPSA) is 63.2 Å². The van der Waals surface area contributed by atoms with Crippen molar-refractivity contribution in [2.75, 3.05) is 4.90 Å². The quantitative estimate of drug-likeness (QED) is 0.200. The highest BCUT2D eigenvalue weighted by molar-refractivity contribution is 7.92. The molecule has 1 aliphatic rings. The second-order valence-electron chi connectivity index (χ2n) is 9.97.